The van der Waals surface area contributed by atoms with Gasteiger partial charge in [-0.15, -0.1) is 0 Å². The molecule has 1 fully saturated rings. The fraction of sp³-hybridized carbons (Fsp3) is 0.800. The molecule has 0 aromatic rings. The van der Waals surface area contributed by atoms with E-state index in [1.807, 2.05) is 0 Å². The monoisotopic (exact) mass is 344 g/mol. The average Bonchev–Trinajstić information content (AvgIpc) is 3.03. The summed E-state index contributed by atoms with van der Waals surface area (Å²) in [5.74, 6) is -2.26. The first-order valence-corrected chi connectivity index (χ1v) is 8.27. The molecule has 0 aromatic carbocycles. The van der Waals surface area contributed by atoms with Crippen LogP contribution in [-0.2, 0) is 14.4 Å². The van der Waals surface area contributed by atoms with Crippen LogP contribution in [0.1, 0.15) is 39.0 Å². The maximum absolute atomic E-state index is 12.3. The summed E-state index contributed by atoms with van der Waals surface area (Å²) < 4.78 is 0. The van der Waals surface area contributed by atoms with Crippen molar-refractivity contribution in [3.63, 3.8) is 0 Å². The molecule has 1 saturated heterocycles. The number of hydrogen-bond acceptors (Lipinski definition) is 6. The molecule has 0 aliphatic carbocycles. The van der Waals surface area contributed by atoms with Crippen LogP contribution in [-0.4, -0.2) is 70.2 Å². The van der Waals surface area contributed by atoms with Crippen LogP contribution < -0.4 is 16.8 Å². The summed E-state index contributed by atoms with van der Waals surface area (Å²) in [5, 5.41) is 21.5. The lowest BCUT2D eigenvalue weighted by atomic mass is 10.0. The number of aliphatic carboxylic acids is 1. The van der Waals surface area contributed by atoms with Gasteiger partial charge < -0.3 is 31.9 Å². The van der Waals surface area contributed by atoms with Gasteiger partial charge in [-0.25, -0.2) is 4.79 Å². The maximum Gasteiger partial charge on any atom is 0.326 e. The standard InChI is InChI=1S/C15H28N4O5/c1-9(14(22)19-8-4-6-11(19)15(23)24)18-13(21)12(20)10(17)5-2-3-7-16/h9-12,20H,2-8,16-17H2,1H3,(H,18,21)(H,23,24)/t9-,10+,11-,12-/m0/s1. The van der Waals surface area contributed by atoms with E-state index in [4.69, 9.17) is 16.6 Å². The fourth-order valence-electron chi connectivity index (χ4n) is 2.77. The number of amides is 2. The van der Waals surface area contributed by atoms with E-state index in [1.54, 1.807) is 0 Å². The topological polar surface area (TPSA) is 159 Å². The molecule has 0 spiro atoms. The van der Waals surface area contributed by atoms with E-state index in [2.05, 4.69) is 5.32 Å². The molecule has 0 unspecified atom stereocenters. The predicted octanol–water partition coefficient (Wildman–Crippen LogP) is -1.62. The maximum atomic E-state index is 12.3. The Morgan fingerprint density at radius 2 is 2.00 bits per heavy atom. The van der Waals surface area contributed by atoms with Crippen molar-refractivity contribution in [1.29, 1.82) is 0 Å². The second-order valence-corrected chi connectivity index (χ2v) is 6.15. The lowest BCUT2D eigenvalue weighted by Gasteiger charge is -2.26. The van der Waals surface area contributed by atoms with E-state index in [-0.39, 0.29) is 0 Å². The molecule has 24 heavy (non-hydrogen) atoms. The Kier molecular flexibility index (Phi) is 8.09. The summed E-state index contributed by atoms with van der Waals surface area (Å²) in [6.07, 6.45) is 1.48. The minimum absolute atomic E-state index is 0.344. The quantitative estimate of drug-likeness (QED) is 0.314. The molecule has 0 radical (unpaired) electrons. The van der Waals surface area contributed by atoms with Gasteiger partial charge in [0.25, 0.3) is 5.91 Å². The highest BCUT2D eigenvalue weighted by Crippen LogP contribution is 2.18. The number of carboxylic acids is 1. The Morgan fingerprint density at radius 1 is 1.33 bits per heavy atom. The number of carbonyl (C=O) groups excluding carboxylic acids is 2. The first kappa shape index (κ1) is 20.3. The molecule has 7 N–H and O–H groups in total. The van der Waals surface area contributed by atoms with Crippen LogP contribution in [0.5, 0.6) is 0 Å². The van der Waals surface area contributed by atoms with Gasteiger partial charge in [-0.2, -0.15) is 0 Å². The predicted molar refractivity (Wildman–Crippen MR) is 86.9 cm³/mol. The summed E-state index contributed by atoms with van der Waals surface area (Å²) in [6.45, 7) is 2.32. The molecule has 0 bridgehead atoms. The number of unbranched alkanes of at least 4 members (excludes halogenated alkanes) is 1. The van der Waals surface area contributed by atoms with Crippen molar-refractivity contribution in [1.82, 2.24) is 10.2 Å². The lowest BCUT2D eigenvalue weighted by Crippen LogP contribution is -2.54. The van der Waals surface area contributed by atoms with Gasteiger partial charge in [-0.1, -0.05) is 6.42 Å². The van der Waals surface area contributed by atoms with E-state index in [9.17, 15) is 19.5 Å². The van der Waals surface area contributed by atoms with Crippen molar-refractivity contribution < 1.29 is 24.6 Å². The van der Waals surface area contributed by atoms with E-state index < -0.39 is 42.0 Å². The number of aliphatic hydroxyl groups is 1. The Bertz CT molecular complexity index is 459. The molecule has 1 rings (SSSR count). The highest BCUT2D eigenvalue weighted by molar-refractivity contribution is 5.91. The van der Waals surface area contributed by atoms with Crippen molar-refractivity contribution in [2.75, 3.05) is 13.1 Å². The van der Waals surface area contributed by atoms with Gasteiger partial charge in [0.1, 0.15) is 18.2 Å². The second kappa shape index (κ2) is 9.55. The molecule has 1 aliphatic heterocycles. The summed E-state index contributed by atoms with van der Waals surface area (Å²) in [6, 6.07) is -2.53. The van der Waals surface area contributed by atoms with Crippen LogP contribution in [0.4, 0.5) is 0 Å². The SMILES string of the molecule is C[C@H](NC(=O)[C@@H](O)[C@H](N)CCCCN)C(=O)N1CCC[C@H]1C(=O)O. The smallest absolute Gasteiger partial charge is 0.326 e. The highest BCUT2D eigenvalue weighted by atomic mass is 16.4. The van der Waals surface area contributed by atoms with Crippen LogP contribution in [0.15, 0.2) is 0 Å². The third-order valence-corrected chi connectivity index (χ3v) is 4.22. The molecule has 4 atom stereocenters. The second-order valence-electron chi connectivity index (χ2n) is 6.15. The Hall–Kier alpha value is -1.71. The highest BCUT2D eigenvalue weighted by Gasteiger charge is 2.36. The number of rotatable bonds is 9. The fourth-order valence-corrected chi connectivity index (χ4v) is 2.77. The van der Waals surface area contributed by atoms with Gasteiger partial charge in [0, 0.05) is 12.6 Å². The number of carboxylic acid groups (broad SMARTS) is 1. The Morgan fingerprint density at radius 3 is 2.58 bits per heavy atom. The zero-order valence-electron chi connectivity index (χ0n) is 14.0. The molecule has 1 heterocycles. The molecular weight excluding hydrogens is 316 g/mol. The number of nitrogens with zero attached hydrogens (tertiary/aromatic N) is 1. The van der Waals surface area contributed by atoms with E-state index in [0.29, 0.717) is 38.8 Å². The molecule has 138 valence electrons. The van der Waals surface area contributed by atoms with Crippen LogP contribution in [0, 0.1) is 0 Å². The molecule has 0 saturated carbocycles. The summed E-state index contributed by atoms with van der Waals surface area (Å²) in [7, 11) is 0. The minimum Gasteiger partial charge on any atom is -0.480 e. The van der Waals surface area contributed by atoms with Gasteiger partial charge in [0.05, 0.1) is 0 Å². The van der Waals surface area contributed by atoms with Crippen LogP contribution in [0.3, 0.4) is 0 Å². The van der Waals surface area contributed by atoms with Crippen molar-refractivity contribution in [2.24, 2.45) is 11.5 Å². The molecular formula is C15H28N4O5. The van der Waals surface area contributed by atoms with E-state index in [1.165, 1.54) is 11.8 Å². The van der Waals surface area contributed by atoms with Gasteiger partial charge in [0.15, 0.2) is 0 Å². The zero-order valence-corrected chi connectivity index (χ0v) is 14.0. The zero-order chi connectivity index (χ0) is 18.3. The largest absolute Gasteiger partial charge is 0.480 e. The minimum atomic E-state index is -1.42. The van der Waals surface area contributed by atoms with Crippen molar-refractivity contribution in [3.05, 3.63) is 0 Å². The first-order valence-electron chi connectivity index (χ1n) is 8.27. The summed E-state index contributed by atoms with van der Waals surface area (Å²) in [5.41, 5.74) is 11.1. The average molecular weight is 344 g/mol. The number of nitrogens with one attached hydrogen (secondary N) is 1. The number of likely N-dealkylation sites (tertiary alicyclic amines) is 1. The molecule has 2 amide bonds. The Labute approximate surface area is 141 Å². The third-order valence-electron chi connectivity index (χ3n) is 4.22. The van der Waals surface area contributed by atoms with Gasteiger partial charge >= 0.3 is 5.97 Å². The molecule has 1 aliphatic rings. The molecule has 0 aromatic heterocycles. The van der Waals surface area contributed by atoms with E-state index >= 15 is 0 Å². The van der Waals surface area contributed by atoms with Gasteiger partial charge in [0.2, 0.25) is 5.91 Å². The Balaban J connectivity index is 2.53. The lowest BCUT2D eigenvalue weighted by molar-refractivity contribution is -0.149. The van der Waals surface area contributed by atoms with Crippen LogP contribution in [0.2, 0.25) is 0 Å². The number of hydrogen-bond donors (Lipinski definition) is 5. The first-order chi connectivity index (χ1) is 11.3. The number of carbonyl (C=O) groups is 3. The summed E-state index contributed by atoms with van der Waals surface area (Å²) >= 11 is 0. The van der Waals surface area contributed by atoms with Gasteiger partial charge in [-0.05, 0) is 39.2 Å². The van der Waals surface area contributed by atoms with E-state index in [0.717, 1.165) is 6.42 Å². The molecule has 9 heteroatoms. The normalized spacial score (nSPS) is 21.2. The van der Waals surface area contributed by atoms with Crippen LogP contribution in [0.25, 0.3) is 0 Å². The van der Waals surface area contributed by atoms with Crippen LogP contribution >= 0.6 is 0 Å². The summed E-state index contributed by atoms with van der Waals surface area (Å²) in [4.78, 5) is 36.7. The van der Waals surface area contributed by atoms with Crippen molar-refractivity contribution in [2.45, 2.75) is 63.3 Å². The number of nitrogens with two attached hydrogens (primary N) is 2. The number of aliphatic hydroxyl groups excluding tert-OH is 1. The van der Waals surface area contributed by atoms with Crippen molar-refractivity contribution in [3.8, 4) is 0 Å². The van der Waals surface area contributed by atoms with Gasteiger partial charge in [-0.3, -0.25) is 9.59 Å². The molecule has 9 nitrogen and oxygen atoms in total. The van der Waals surface area contributed by atoms with Crippen molar-refractivity contribution >= 4 is 17.8 Å². The third kappa shape index (κ3) is 5.43.